The summed E-state index contributed by atoms with van der Waals surface area (Å²) < 4.78 is 3.90. The first-order valence-electron chi connectivity index (χ1n) is 7.38. The fraction of sp³-hybridized carbons (Fsp3) is 0.400. The van der Waals surface area contributed by atoms with Gasteiger partial charge in [0.1, 0.15) is 0 Å². The van der Waals surface area contributed by atoms with Gasteiger partial charge in [0.2, 0.25) is 11.8 Å². The normalized spacial score (nSPS) is 18.3. The van der Waals surface area contributed by atoms with E-state index in [0.29, 0.717) is 31.3 Å². The van der Waals surface area contributed by atoms with Crippen molar-refractivity contribution in [3.63, 3.8) is 0 Å². The molecular weight excluding hydrogens is 350 g/mol. The van der Waals surface area contributed by atoms with Crippen LogP contribution in [-0.2, 0) is 22.6 Å². The van der Waals surface area contributed by atoms with Gasteiger partial charge in [-0.3, -0.25) is 14.2 Å². The van der Waals surface area contributed by atoms with Crippen LogP contribution in [0.4, 0.5) is 0 Å². The lowest BCUT2D eigenvalue weighted by Gasteiger charge is -2.25. The summed E-state index contributed by atoms with van der Waals surface area (Å²) in [4.78, 5) is 37.2. The van der Waals surface area contributed by atoms with Gasteiger partial charge in [0.05, 0.1) is 11.0 Å². The number of hydrogen-bond donors (Lipinski definition) is 0. The maximum absolute atomic E-state index is 12.8. The van der Waals surface area contributed by atoms with Gasteiger partial charge in [-0.1, -0.05) is 15.9 Å². The van der Waals surface area contributed by atoms with E-state index in [4.69, 9.17) is 0 Å². The predicted molar refractivity (Wildman–Crippen MR) is 84.3 cm³/mol. The molecule has 114 valence electrons. The number of carbonyl (C=O) groups is 2. The summed E-state index contributed by atoms with van der Waals surface area (Å²) in [5, 5.41) is 1.04. The molecular formula is C15H14BrN3O3. The standard InChI is InChI=1S/C15H14BrN3O3/c16-10-6-7-11-14-9(10)3-2-8-17(14)15(22)18(11)19-12(20)4-1-5-13(19)21/h6-7H,1-5,8H2. The van der Waals surface area contributed by atoms with Gasteiger partial charge in [-0.15, -0.1) is 0 Å². The number of halogens is 1. The highest BCUT2D eigenvalue weighted by atomic mass is 79.9. The monoisotopic (exact) mass is 363 g/mol. The van der Waals surface area contributed by atoms with Crippen molar-refractivity contribution in [2.75, 3.05) is 5.01 Å². The highest BCUT2D eigenvalue weighted by molar-refractivity contribution is 9.10. The van der Waals surface area contributed by atoms with Crippen LogP contribution in [0.25, 0.3) is 11.0 Å². The highest BCUT2D eigenvalue weighted by Crippen LogP contribution is 2.31. The second kappa shape index (κ2) is 4.81. The van der Waals surface area contributed by atoms with E-state index in [1.807, 2.05) is 6.07 Å². The van der Waals surface area contributed by atoms with Gasteiger partial charge >= 0.3 is 5.69 Å². The number of carbonyl (C=O) groups excluding carboxylic acids is 2. The molecule has 1 aromatic heterocycles. The summed E-state index contributed by atoms with van der Waals surface area (Å²) in [5.74, 6) is -0.609. The Hall–Kier alpha value is -1.89. The molecule has 0 N–H and O–H groups in total. The van der Waals surface area contributed by atoms with Gasteiger partial charge in [-0.25, -0.2) is 4.79 Å². The molecule has 0 unspecified atom stereocenters. The third-order valence-electron chi connectivity index (χ3n) is 4.38. The molecule has 3 heterocycles. The molecule has 0 saturated carbocycles. The lowest BCUT2D eigenvalue weighted by molar-refractivity contribution is -0.131. The molecule has 4 rings (SSSR count). The molecule has 0 aliphatic carbocycles. The van der Waals surface area contributed by atoms with Crippen molar-refractivity contribution in [2.45, 2.75) is 38.6 Å². The Balaban J connectivity index is 2.06. The number of imide groups is 1. The quantitative estimate of drug-likeness (QED) is 0.724. The summed E-state index contributed by atoms with van der Waals surface area (Å²) in [6.45, 7) is 0.613. The van der Waals surface area contributed by atoms with E-state index in [2.05, 4.69) is 15.9 Å². The number of imidazole rings is 1. The fourth-order valence-corrected chi connectivity index (χ4v) is 3.92. The molecule has 6 nitrogen and oxygen atoms in total. The molecule has 0 bridgehead atoms. The Morgan fingerprint density at radius 1 is 0.955 bits per heavy atom. The lowest BCUT2D eigenvalue weighted by atomic mass is 10.0. The first kappa shape index (κ1) is 13.8. The SMILES string of the molecule is O=C1CCCC(=O)N1n1c(=O)n2c3c(c(Br)ccc31)CCC2. The largest absolute Gasteiger partial charge is 0.348 e. The Morgan fingerprint density at radius 3 is 2.41 bits per heavy atom. The second-order valence-electron chi connectivity index (χ2n) is 5.70. The third kappa shape index (κ3) is 1.75. The third-order valence-corrected chi connectivity index (χ3v) is 5.12. The van der Waals surface area contributed by atoms with Crippen LogP contribution in [0.1, 0.15) is 31.2 Å². The van der Waals surface area contributed by atoms with Crippen molar-refractivity contribution >= 4 is 38.8 Å². The number of piperidine rings is 1. The molecule has 2 aromatic rings. The van der Waals surface area contributed by atoms with E-state index in [1.165, 1.54) is 4.68 Å². The molecule has 0 atom stereocenters. The van der Waals surface area contributed by atoms with Gasteiger partial charge in [-0.2, -0.15) is 9.69 Å². The zero-order chi connectivity index (χ0) is 15.4. The van der Waals surface area contributed by atoms with Crippen LogP contribution in [-0.4, -0.2) is 21.1 Å². The number of aromatic nitrogens is 2. The molecule has 1 saturated heterocycles. The molecule has 7 heteroatoms. The number of rotatable bonds is 1. The van der Waals surface area contributed by atoms with Crippen molar-refractivity contribution in [1.29, 1.82) is 0 Å². The summed E-state index contributed by atoms with van der Waals surface area (Å²) in [7, 11) is 0. The van der Waals surface area contributed by atoms with Gasteiger partial charge in [0, 0.05) is 23.9 Å². The highest BCUT2D eigenvalue weighted by Gasteiger charge is 2.32. The molecule has 0 radical (unpaired) electrons. The number of amides is 2. The van der Waals surface area contributed by atoms with Gasteiger partial charge in [0.15, 0.2) is 0 Å². The average molecular weight is 364 g/mol. The van der Waals surface area contributed by atoms with Crippen molar-refractivity contribution < 1.29 is 9.59 Å². The minimum Gasteiger partial charge on any atom is -0.290 e. The van der Waals surface area contributed by atoms with Crippen molar-refractivity contribution in [3.05, 3.63) is 32.7 Å². The fourth-order valence-electron chi connectivity index (χ4n) is 3.40. The number of nitrogens with zero attached hydrogens (tertiary/aromatic N) is 3. The maximum atomic E-state index is 12.8. The smallest absolute Gasteiger partial charge is 0.290 e. The summed E-state index contributed by atoms with van der Waals surface area (Å²) in [5.41, 5.74) is 2.22. The number of hydrogen-bond acceptors (Lipinski definition) is 3. The van der Waals surface area contributed by atoms with E-state index in [0.717, 1.165) is 33.4 Å². The van der Waals surface area contributed by atoms with E-state index < -0.39 is 0 Å². The lowest BCUT2D eigenvalue weighted by Crippen LogP contribution is -2.52. The number of benzene rings is 1. The average Bonchev–Trinajstić information content (AvgIpc) is 2.78. The second-order valence-corrected chi connectivity index (χ2v) is 6.55. The minimum atomic E-state index is -0.308. The van der Waals surface area contributed by atoms with Gasteiger partial charge in [-0.05, 0) is 37.0 Å². The van der Waals surface area contributed by atoms with Gasteiger partial charge < -0.3 is 0 Å². The zero-order valence-corrected chi connectivity index (χ0v) is 13.4. The van der Waals surface area contributed by atoms with Crippen LogP contribution in [0.2, 0.25) is 0 Å². The van der Waals surface area contributed by atoms with E-state index in [1.54, 1.807) is 10.6 Å². The van der Waals surface area contributed by atoms with E-state index in [9.17, 15) is 14.4 Å². The number of aryl methyl sites for hydroxylation is 2. The van der Waals surface area contributed by atoms with Crippen LogP contribution in [0, 0.1) is 0 Å². The Kier molecular flexibility index (Phi) is 3.00. The van der Waals surface area contributed by atoms with Crippen LogP contribution in [0.3, 0.4) is 0 Å². The Labute approximate surface area is 134 Å². The molecule has 1 fully saturated rings. The van der Waals surface area contributed by atoms with Crippen LogP contribution in [0.15, 0.2) is 21.4 Å². The van der Waals surface area contributed by atoms with Crippen molar-refractivity contribution in [2.24, 2.45) is 0 Å². The zero-order valence-electron chi connectivity index (χ0n) is 11.8. The Morgan fingerprint density at radius 2 is 1.68 bits per heavy atom. The van der Waals surface area contributed by atoms with Crippen molar-refractivity contribution in [1.82, 2.24) is 9.24 Å². The summed E-state index contributed by atoms with van der Waals surface area (Å²) in [6.07, 6.45) is 2.90. The van der Waals surface area contributed by atoms with E-state index >= 15 is 0 Å². The molecule has 0 spiro atoms. The minimum absolute atomic E-state index is 0.300. The van der Waals surface area contributed by atoms with Crippen LogP contribution < -0.4 is 10.7 Å². The summed E-state index contributed by atoms with van der Waals surface area (Å²) >= 11 is 3.53. The molecule has 2 aliphatic heterocycles. The topological polar surface area (TPSA) is 64.3 Å². The maximum Gasteiger partial charge on any atom is 0.348 e. The molecule has 22 heavy (non-hydrogen) atoms. The van der Waals surface area contributed by atoms with Crippen LogP contribution in [0.5, 0.6) is 0 Å². The van der Waals surface area contributed by atoms with Crippen LogP contribution >= 0.6 is 15.9 Å². The first-order valence-corrected chi connectivity index (χ1v) is 8.17. The van der Waals surface area contributed by atoms with Crippen molar-refractivity contribution in [3.8, 4) is 0 Å². The summed E-state index contributed by atoms with van der Waals surface area (Å²) in [6, 6.07) is 3.67. The molecule has 2 aliphatic rings. The Bertz CT molecular complexity index is 864. The first-order chi connectivity index (χ1) is 10.6. The van der Waals surface area contributed by atoms with E-state index in [-0.39, 0.29) is 17.5 Å². The molecule has 2 amide bonds. The van der Waals surface area contributed by atoms with Gasteiger partial charge in [0.25, 0.3) is 0 Å². The predicted octanol–water partition coefficient (Wildman–Crippen LogP) is 1.69. The molecule has 1 aromatic carbocycles.